The van der Waals surface area contributed by atoms with Crippen molar-refractivity contribution in [2.45, 2.75) is 34.3 Å². The van der Waals surface area contributed by atoms with Crippen molar-refractivity contribution >= 4 is 62.9 Å². The lowest BCUT2D eigenvalue weighted by molar-refractivity contribution is -0.165. The van der Waals surface area contributed by atoms with Crippen molar-refractivity contribution in [3.63, 3.8) is 0 Å². The number of carbonyl (C=O) groups excluding carboxylic acids is 3. The number of β-lactam (4-membered cyclic amide) rings is 1. The van der Waals surface area contributed by atoms with Gasteiger partial charge in [-0.1, -0.05) is 115 Å². The van der Waals surface area contributed by atoms with Gasteiger partial charge in [0.2, 0.25) is 11.8 Å². The normalized spacial score (nSPS) is 19.0. The maximum absolute atomic E-state index is 14.2. The monoisotopic (exact) mass is 649 g/mol. The quantitative estimate of drug-likeness (QED) is 0.143. The number of para-hydroxylation sites is 1. The molecule has 0 bridgehead atoms. The van der Waals surface area contributed by atoms with Gasteiger partial charge in [-0.25, -0.2) is 9.78 Å². The number of nitrogens with one attached hydrogen (secondary N) is 1. The second-order valence-corrected chi connectivity index (χ2v) is 13.9. The Bertz CT molecular complexity index is 1810. The molecule has 3 atom stereocenters. The lowest BCUT2D eigenvalue weighted by Crippen LogP contribution is -2.73. The minimum Gasteiger partial charge on any atom is -0.451 e. The van der Waals surface area contributed by atoms with Crippen molar-refractivity contribution in [2.75, 3.05) is 0 Å². The lowest BCUT2D eigenvalue weighted by Gasteiger charge is -2.51. The van der Waals surface area contributed by atoms with Crippen LogP contribution in [0.15, 0.2) is 130 Å². The minimum absolute atomic E-state index is 0.165. The second kappa shape index (κ2) is 12.9. The Balaban J connectivity index is 1.17. The van der Waals surface area contributed by atoms with Gasteiger partial charge in [-0.2, -0.15) is 0 Å². The van der Waals surface area contributed by atoms with E-state index in [-0.39, 0.29) is 18.2 Å². The number of benzene rings is 4. The number of hydrogen-bond acceptors (Lipinski definition) is 8. The summed E-state index contributed by atoms with van der Waals surface area (Å²) < 4.78 is 8.09. The van der Waals surface area contributed by atoms with E-state index < -0.39 is 29.5 Å². The highest BCUT2D eigenvalue weighted by molar-refractivity contribution is 8.07. The highest BCUT2D eigenvalue weighted by atomic mass is 32.2. The fourth-order valence-electron chi connectivity index (χ4n) is 5.45. The van der Waals surface area contributed by atoms with Crippen molar-refractivity contribution in [1.82, 2.24) is 15.2 Å². The number of fused-ring (bicyclic) bond motifs is 2. The van der Waals surface area contributed by atoms with Crippen LogP contribution in [0.25, 0.3) is 10.2 Å². The average molecular weight is 650 g/mol. The van der Waals surface area contributed by atoms with Gasteiger partial charge in [-0.05, 0) is 34.2 Å². The van der Waals surface area contributed by atoms with Gasteiger partial charge in [0.05, 0.1) is 16.6 Å². The van der Waals surface area contributed by atoms with Gasteiger partial charge < -0.3 is 15.0 Å². The molecular formula is C35H27N3O4S3. The largest absolute Gasteiger partial charge is 0.451 e. The second-order valence-electron chi connectivity index (χ2n) is 10.6. The van der Waals surface area contributed by atoms with Crippen LogP contribution in [-0.4, -0.2) is 45.1 Å². The molecule has 2 aliphatic heterocycles. The summed E-state index contributed by atoms with van der Waals surface area (Å²) >= 11 is 4.32. The Kier molecular flexibility index (Phi) is 8.43. The molecular weight excluding hydrogens is 623 g/mol. The number of ether oxygens (including phenoxy) is 1. The predicted molar refractivity (Wildman–Crippen MR) is 178 cm³/mol. The number of aromatic nitrogens is 1. The summed E-state index contributed by atoms with van der Waals surface area (Å²) in [6, 6.07) is 34.7. The fourth-order valence-corrected chi connectivity index (χ4v) is 9.00. The van der Waals surface area contributed by atoms with Crippen molar-refractivity contribution in [3.05, 3.63) is 142 Å². The van der Waals surface area contributed by atoms with E-state index in [0.29, 0.717) is 4.91 Å². The van der Waals surface area contributed by atoms with Crippen molar-refractivity contribution < 1.29 is 19.1 Å². The summed E-state index contributed by atoms with van der Waals surface area (Å²) in [4.78, 5) is 47.8. The molecule has 7 nitrogen and oxygen atoms in total. The Morgan fingerprint density at radius 3 is 2.16 bits per heavy atom. The maximum Gasteiger partial charge on any atom is 0.335 e. The molecule has 1 fully saturated rings. The zero-order valence-corrected chi connectivity index (χ0v) is 26.3. The maximum atomic E-state index is 14.2. The minimum atomic E-state index is -0.988. The molecule has 4 aromatic carbocycles. The topological polar surface area (TPSA) is 88.6 Å². The fraction of sp³-hybridized carbons (Fsp3) is 0.143. The van der Waals surface area contributed by atoms with Crippen LogP contribution >= 0.6 is 34.9 Å². The molecule has 0 saturated carbocycles. The lowest BCUT2D eigenvalue weighted by atomic mass is 10.00. The van der Waals surface area contributed by atoms with Gasteiger partial charge in [0.25, 0.3) is 0 Å². The first-order chi connectivity index (χ1) is 22.0. The van der Waals surface area contributed by atoms with Crippen molar-refractivity contribution in [3.8, 4) is 0 Å². The van der Waals surface area contributed by atoms with Gasteiger partial charge in [-0.15, -0.1) is 23.1 Å². The first-order valence-corrected chi connectivity index (χ1v) is 17.0. The number of thioether (sulfide) groups is 2. The van der Waals surface area contributed by atoms with E-state index in [1.54, 1.807) is 4.90 Å². The molecule has 0 radical (unpaired) electrons. The number of thiazole rings is 1. The summed E-state index contributed by atoms with van der Waals surface area (Å²) in [5.74, 6) is -1.10. The Morgan fingerprint density at radius 1 is 0.867 bits per heavy atom. The summed E-state index contributed by atoms with van der Waals surface area (Å²) in [7, 11) is 0. The zero-order valence-electron chi connectivity index (χ0n) is 23.8. The first-order valence-electron chi connectivity index (χ1n) is 14.4. The number of rotatable bonds is 9. The summed E-state index contributed by atoms with van der Waals surface area (Å²) in [6.45, 7) is 0. The van der Waals surface area contributed by atoms with Crippen LogP contribution in [-0.2, 0) is 25.5 Å². The van der Waals surface area contributed by atoms with Gasteiger partial charge in [0.1, 0.15) is 11.4 Å². The Labute approximate surface area is 272 Å². The van der Waals surface area contributed by atoms with Gasteiger partial charge in [0, 0.05) is 4.91 Å². The molecule has 2 amide bonds. The highest BCUT2D eigenvalue weighted by Crippen LogP contribution is 2.47. The molecule has 1 saturated heterocycles. The molecule has 7 rings (SSSR count). The smallest absolute Gasteiger partial charge is 0.335 e. The van der Waals surface area contributed by atoms with E-state index in [4.69, 9.17) is 9.72 Å². The molecule has 10 heteroatoms. The van der Waals surface area contributed by atoms with E-state index in [9.17, 15) is 14.4 Å². The molecule has 0 spiro atoms. The standard InChI is InChI=1S/C35H27N3O4S3/c39-28(20-22-12-4-1-5-13-22)37-29-32(40)38-30(27(21-43-33(29)38)45-35-36-25-18-10-11-19-26(25)44-35)34(41)42-31(23-14-6-2-7-15-23)24-16-8-3-9-17-24/h1-19,21,29-31,33H,20H2,(H,37,39)/t29?,30?,33-/m0/s1. The van der Waals surface area contributed by atoms with Crippen LogP contribution in [0.3, 0.4) is 0 Å². The average Bonchev–Trinajstić information content (AvgIpc) is 3.49. The van der Waals surface area contributed by atoms with E-state index in [0.717, 1.165) is 31.2 Å². The van der Waals surface area contributed by atoms with E-state index in [2.05, 4.69) is 5.32 Å². The number of nitrogens with zero attached hydrogens (tertiary/aromatic N) is 2. The van der Waals surface area contributed by atoms with Crippen LogP contribution in [0, 0.1) is 0 Å². The van der Waals surface area contributed by atoms with E-state index in [1.165, 1.54) is 34.9 Å². The van der Waals surface area contributed by atoms with Crippen LogP contribution < -0.4 is 5.32 Å². The molecule has 2 unspecified atom stereocenters. The number of carbonyl (C=O) groups is 3. The van der Waals surface area contributed by atoms with Gasteiger partial charge in [0.15, 0.2) is 16.5 Å². The Hall–Kier alpha value is -4.38. The highest BCUT2D eigenvalue weighted by Gasteiger charge is 2.56. The van der Waals surface area contributed by atoms with Crippen molar-refractivity contribution in [2.24, 2.45) is 0 Å². The van der Waals surface area contributed by atoms with Crippen molar-refractivity contribution in [1.29, 1.82) is 0 Å². The van der Waals surface area contributed by atoms with Gasteiger partial charge >= 0.3 is 5.97 Å². The van der Waals surface area contributed by atoms with E-state index >= 15 is 0 Å². The summed E-state index contributed by atoms with van der Waals surface area (Å²) in [6.07, 6.45) is -0.503. The van der Waals surface area contributed by atoms with E-state index in [1.807, 2.05) is 121 Å². The molecule has 2 aliphatic rings. The first kappa shape index (κ1) is 29.3. The molecule has 45 heavy (non-hydrogen) atoms. The molecule has 5 aromatic rings. The summed E-state index contributed by atoms with van der Waals surface area (Å²) in [5.41, 5.74) is 3.38. The van der Waals surface area contributed by atoms with Crippen LogP contribution in [0.1, 0.15) is 22.8 Å². The number of amides is 2. The number of esters is 1. The molecule has 0 aliphatic carbocycles. The number of hydrogen-bond donors (Lipinski definition) is 1. The molecule has 224 valence electrons. The third-order valence-electron chi connectivity index (χ3n) is 7.62. The predicted octanol–water partition coefficient (Wildman–Crippen LogP) is 6.57. The summed E-state index contributed by atoms with van der Waals surface area (Å²) in [5, 5.41) is 4.36. The molecule has 1 aromatic heterocycles. The third kappa shape index (κ3) is 6.13. The zero-order chi connectivity index (χ0) is 30.8. The van der Waals surface area contributed by atoms with Gasteiger partial charge in [-0.3, -0.25) is 9.59 Å². The SMILES string of the molecule is O=C(Cc1ccccc1)NC1C(=O)N2C(C(=O)OC(c3ccccc3)c3ccccc3)C(Sc3nc4ccccc4s3)=CS[C@@H]12. The van der Waals surface area contributed by atoms with Crippen LogP contribution in [0.2, 0.25) is 0 Å². The third-order valence-corrected chi connectivity index (χ3v) is 11.1. The molecule has 3 heterocycles. The Morgan fingerprint density at radius 2 is 1.49 bits per heavy atom. The van der Waals surface area contributed by atoms with Crippen LogP contribution in [0.4, 0.5) is 0 Å². The van der Waals surface area contributed by atoms with Crippen LogP contribution in [0.5, 0.6) is 0 Å². The molecule has 1 N–H and O–H groups in total.